The quantitative estimate of drug-likeness (QED) is 0.876. The van der Waals surface area contributed by atoms with Crippen LogP contribution in [0.4, 0.5) is 0 Å². The summed E-state index contributed by atoms with van der Waals surface area (Å²) in [5, 5.41) is 4.17. The lowest BCUT2D eigenvalue weighted by atomic mass is 9.89. The van der Waals surface area contributed by atoms with E-state index < -0.39 is 10.0 Å². The van der Waals surface area contributed by atoms with Crippen molar-refractivity contribution in [1.82, 2.24) is 14.1 Å². The van der Waals surface area contributed by atoms with Crippen LogP contribution in [0.3, 0.4) is 0 Å². The first-order chi connectivity index (χ1) is 8.71. The van der Waals surface area contributed by atoms with Gasteiger partial charge in [0.2, 0.25) is 10.0 Å². The van der Waals surface area contributed by atoms with E-state index in [0.29, 0.717) is 29.4 Å². The highest BCUT2D eigenvalue weighted by atomic mass is 32.2. The number of aromatic nitrogens is 2. The SMILES string of the molecule is CCCC1(N)CN(S(=O)(=O)c2c(C)nn(C)c2C)C1. The molecular weight excluding hydrogens is 264 g/mol. The molecule has 7 heteroatoms. The van der Waals surface area contributed by atoms with Crippen LogP contribution >= 0.6 is 0 Å². The van der Waals surface area contributed by atoms with E-state index in [0.717, 1.165) is 12.8 Å². The largest absolute Gasteiger partial charge is 0.323 e. The molecule has 2 heterocycles. The minimum Gasteiger partial charge on any atom is -0.323 e. The van der Waals surface area contributed by atoms with Crippen LogP contribution < -0.4 is 5.73 Å². The molecule has 0 atom stereocenters. The average molecular weight is 286 g/mol. The van der Waals surface area contributed by atoms with Crippen molar-refractivity contribution in [3.05, 3.63) is 11.4 Å². The van der Waals surface area contributed by atoms with E-state index in [1.54, 1.807) is 25.6 Å². The van der Waals surface area contributed by atoms with Crippen LogP contribution in [0.15, 0.2) is 4.90 Å². The van der Waals surface area contributed by atoms with Crippen molar-refractivity contribution >= 4 is 10.0 Å². The lowest BCUT2D eigenvalue weighted by molar-refractivity contribution is 0.147. The number of hydrogen-bond acceptors (Lipinski definition) is 4. The Morgan fingerprint density at radius 1 is 1.37 bits per heavy atom. The molecule has 0 radical (unpaired) electrons. The predicted molar refractivity (Wildman–Crippen MR) is 73.3 cm³/mol. The molecule has 1 fully saturated rings. The van der Waals surface area contributed by atoms with Gasteiger partial charge in [0, 0.05) is 25.7 Å². The lowest BCUT2D eigenvalue weighted by Crippen LogP contribution is -2.68. The second-order valence-electron chi connectivity index (χ2n) is 5.51. The molecule has 1 aromatic heterocycles. The third kappa shape index (κ3) is 2.30. The Morgan fingerprint density at radius 3 is 2.37 bits per heavy atom. The van der Waals surface area contributed by atoms with Gasteiger partial charge in [0.25, 0.3) is 0 Å². The number of nitrogens with two attached hydrogens (primary N) is 1. The van der Waals surface area contributed by atoms with Gasteiger partial charge in [0.15, 0.2) is 0 Å². The van der Waals surface area contributed by atoms with Crippen molar-refractivity contribution in [2.75, 3.05) is 13.1 Å². The van der Waals surface area contributed by atoms with E-state index in [-0.39, 0.29) is 5.54 Å². The number of hydrogen-bond donors (Lipinski definition) is 1. The summed E-state index contributed by atoms with van der Waals surface area (Å²) in [6.07, 6.45) is 1.82. The van der Waals surface area contributed by atoms with Gasteiger partial charge in [-0.15, -0.1) is 0 Å². The molecule has 0 aromatic carbocycles. The van der Waals surface area contributed by atoms with E-state index in [4.69, 9.17) is 5.73 Å². The third-order valence-corrected chi connectivity index (χ3v) is 5.82. The molecule has 2 N–H and O–H groups in total. The second-order valence-corrected chi connectivity index (χ2v) is 7.38. The molecule has 108 valence electrons. The fourth-order valence-electron chi connectivity index (χ4n) is 2.74. The zero-order valence-corrected chi connectivity index (χ0v) is 12.8. The Balaban J connectivity index is 2.26. The van der Waals surface area contributed by atoms with Crippen LogP contribution in [0.1, 0.15) is 31.2 Å². The molecule has 6 nitrogen and oxygen atoms in total. The predicted octanol–water partition coefficient (Wildman–Crippen LogP) is 0.539. The van der Waals surface area contributed by atoms with Gasteiger partial charge in [-0.3, -0.25) is 4.68 Å². The van der Waals surface area contributed by atoms with Crippen molar-refractivity contribution in [1.29, 1.82) is 0 Å². The van der Waals surface area contributed by atoms with Crippen LogP contribution in [0, 0.1) is 13.8 Å². The number of aryl methyl sites for hydroxylation is 2. The van der Waals surface area contributed by atoms with Gasteiger partial charge in [-0.25, -0.2) is 8.42 Å². The van der Waals surface area contributed by atoms with Gasteiger partial charge >= 0.3 is 0 Å². The van der Waals surface area contributed by atoms with Gasteiger partial charge in [-0.05, 0) is 20.3 Å². The van der Waals surface area contributed by atoms with Crippen LogP contribution in [0.5, 0.6) is 0 Å². The van der Waals surface area contributed by atoms with E-state index >= 15 is 0 Å². The summed E-state index contributed by atoms with van der Waals surface area (Å²) in [7, 11) is -1.71. The first-order valence-electron chi connectivity index (χ1n) is 6.50. The molecule has 2 rings (SSSR count). The van der Waals surface area contributed by atoms with Gasteiger partial charge in [0.05, 0.1) is 11.4 Å². The minimum absolute atomic E-state index is 0.327. The normalized spacial score (nSPS) is 19.4. The molecule has 0 aliphatic carbocycles. The van der Waals surface area contributed by atoms with Gasteiger partial charge < -0.3 is 5.73 Å². The van der Waals surface area contributed by atoms with Crippen molar-refractivity contribution in [3.8, 4) is 0 Å². The third-order valence-electron chi connectivity index (χ3n) is 3.77. The van der Waals surface area contributed by atoms with Crippen molar-refractivity contribution in [3.63, 3.8) is 0 Å². The molecule has 0 bridgehead atoms. The van der Waals surface area contributed by atoms with Gasteiger partial charge in [-0.2, -0.15) is 9.40 Å². The summed E-state index contributed by atoms with van der Waals surface area (Å²) in [4.78, 5) is 0.327. The zero-order chi connectivity index (χ0) is 14.4. The Morgan fingerprint density at radius 2 is 1.95 bits per heavy atom. The van der Waals surface area contributed by atoms with Crippen molar-refractivity contribution in [2.45, 2.75) is 44.0 Å². The summed E-state index contributed by atoms with van der Waals surface area (Å²) in [6, 6.07) is 0. The molecule has 1 aromatic rings. The summed E-state index contributed by atoms with van der Waals surface area (Å²) in [6.45, 7) is 6.35. The summed E-state index contributed by atoms with van der Waals surface area (Å²) >= 11 is 0. The fraction of sp³-hybridized carbons (Fsp3) is 0.750. The van der Waals surface area contributed by atoms with E-state index in [2.05, 4.69) is 12.0 Å². The maximum Gasteiger partial charge on any atom is 0.246 e. The van der Waals surface area contributed by atoms with Crippen molar-refractivity contribution < 1.29 is 8.42 Å². The van der Waals surface area contributed by atoms with Gasteiger partial charge in [-0.1, -0.05) is 13.3 Å². The molecule has 19 heavy (non-hydrogen) atoms. The first-order valence-corrected chi connectivity index (χ1v) is 7.94. The van der Waals surface area contributed by atoms with Gasteiger partial charge in [0.1, 0.15) is 4.90 Å². The molecular formula is C12H22N4O2S. The highest BCUT2D eigenvalue weighted by Gasteiger charge is 2.46. The van der Waals surface area contributed by atoms with Crippen LogP contribution in [-0.2, 0) is 17.1 Å². The molecule has 0 saturated carbocycles. The van der Waals surface area contributed by atoms with Crippen LogP contribution in [0.25, 0.3) is 0 Å². The summed E-state index contributed by atoms with van der Waals surface area (Å²) in [5.74, 6) is 0. The maximum absolute atomic E-state index is 12.6. The van der Waals surface area contributed by atoms with Crippen molar-refractivity contribution in [2.24, 2.45) is 12.8 Å². The second kappa shape index (κ2) is 4.57. The van der Waals surface area contributed by atoms with Crippen LogP contribution in [0.2, 0.25) is 0 Å². The topological polar surface area (TPSA) is 81.2 Å². The van der Waals surface area contributed by atoms with Crippen LogP contribution in [-0.4, -0.2) is 41.1 Å². The van der Waals surface area contributed by atoms with E-state index in [1.807, 2.05) is 0 Å². The standard InChI is InChI=1S/C12H22N4O2S/c1-5-6-12(13)7-16(8-12)19(17,18)11-9(2)14-15(4)10(11)3/h5-8,13H2,1-4H3. The maximum atomic E-state index is 12.6. The Labute approximate surface area is 114 Å². The molecule has 0 unspecified atom stereocenters. The highest BCUT2D eigenvalue weighted by Crippen LogP contribution is 2.31. The monoisotopic (exact) mass is 286 g/mol. The molecule has 0 amide bonds. The van der Waals surface area contributed by atoms with E-state index in [1.165, 1.54) is 4.31 Å². The minimum atomic E-state index is -3.46. The smallest absolute Gasteiger partial charge is 0.246 e. The first kappa shape index (κ1) is 14.5. The van der Waals surface area contributed by atoms with E-state index in [9.17, 15) is 8.42 Å². The number of nitrogens with zero attached hydrogens (tertiary/aromatic N) is 3. The highest BCUT2D eigenvalue weighted by molar-refractivity contribution is 7.89. The molecule has 1 aliphatic heterocycles. The average Bonchev–Trinajstić information content (AvgIpc) is 2.50. The zero-order valence-electron chi connectivity index (χ0n) is 12.0. The number of rotatable bonds is 4. The summed E-state index contributed by atoms with van der Waals surface area (Å²) < 4.78 is 28.2. The molecule has 1 saturated heterocycles. The Kier molecular flexibility index (Phi) is 3.49. The molecule has 1 aliphatic rings. The fourth-order valence-corrected chi connectivity index (χ4v) is 4.77. The lowest BCUT2D eigenvalue weighted by Gasteiger charge is -2.46. The number of sulfonamides is 1. The molecule has 0 spiro atoms. The Bertz CT molecular complexity index is 585. The summed E-state index contributed by atoms with van der Waals surface area (Å²) in [5.41, 5.74) is 6.99. The Hall–Kier alpha value is -0.920.